The number of aromatic amines is 1. The molecule has 1 N–H and O–H groups in total. The van der Waals surface area contributed by atoms with E-state index in [4.69, 9.17) is 11.6 Å². The van der Waals surface area contributed by atoms with Crippen LogP contribution in [-0.4, -0.2) is 9.97 Å². The highest BCUT2D eigenvalue weighted by molar-refractivity contribution is 7.98. The van der Waals surface area contributed by atoms with Crippen LogP contribution in [0.1, 0.15) is 16.7 Å². The van der Waals surface area contributed by atoms with Gasteiger partial charge in [-0.05, 0) is 24.6 Å². The number of thioether (sulfide) groups is 1. The molecule has 6 heteroatoms. The fourth-order valence-electron chi connectivity index (χ4n) is 2.28. The Morgan fingerprint density at radius 2 is 1.84 bits per heavy atom. The molecule has 0 amide bonds. The molecule has 0 bridgehead atoms. The van der Waals surface area contributed by atoms with E-state index in [2.05, 4.69) is 9.97 Å². The lowest BCUT2D eigenvalue weighted by atomic mass is 10.1. The van der Waals surface area contributed by atoms with Gasteiger partial charge in [0.15, 0.2) is 5.16 Å². The van der Waals surface area contributed by atoms with Gasteiger partial charge in [-0.15, -0.1) is 0 Å². The summed E-state index contributed by atoms with van der Waals surface area (Å²) in [6.07, 6.45) is 0. The molecule has 0 aliphatic carbocycles. The number of hydrogen-bond acceptors (Lipinski definition) is 4. The van der Waals surface area contributed by atoms with Crippen molar-refractivity contribution < 1.29 is 0 Å². The van der Waals surface area contributed by atoms with E-state index in [0.717, 1.165) is 5.56 Å². The summed E-state index contributed by atoms with van der Waals surface area (Å²) in [4.78, 5) is 19.4. The number of H-pyrrole nitrogens is 1. The normalized spacial score (nSPS) is 10.4. The lowest BCUT2D eigenvalue weighted by Gasteiger charge is -2.07. The molecule has 3 rings (SSSR count). The molecule has 4 nitrogen and oxygen atoms in total. The molecule has 0 atom stereocenters. The minimum atomic E-state index is -0.436. The van der Waals surface area contributed by atoms with E-state index in [9.17, 15) is 10.1 Å². The molecule has 0 aliphatic heterocycles. The largest absolute Gasteiger partial charge is 0.300 e. The summed E-state index contributed by atoms with van der Waals surface area (Å²) in [6, 6.07) is 17.0. The van der Waals surface area contributed by atoms with Crippen molar-refractivity contribution in [1.82, 2.24) is 9.97 Å². The summed E-state index contributed by atoms with van der Waals surface area (Å²) in [5.74, 6) is 0.676. The smallest absolute Gasteiger partial charge is 0.270 e. The Bertz CT molecular complexity index is 989. The van der Waals surface area contributed by atoms with Crippen molar-refractivity contribution >= 4 is 23.4 Å². The number of halogens is 1. The van der Waals surface area contributed by atoms with Gasteiger partial charge in [0, 0.05) is 16.3 Å². The molecule has 2 aromatic carbocycles. The number of aryl methyl sites for hydroxylation is 1. The van der Waals surface area contributed by atoms with Crippen LogP contribution in [0.3, 0.4) is 0 Å². The Morgan fingerprint density at radius 1 is 1.16 bits per heavy atom. The molecule has 0 radical (unpaired) electrons. The van der Waals surface area contributed by atoms with Crippen molar-refractivity contribution in [2.75, 3.05) is 0 Å². The Kier molecular flexibility index (Phi) is 5.22. The minimum Gasteiger partial charge on any atom is -0.300 e. The van der Waals surface area contributed by atoms with Crippen LogP contribution in [0.2, 0.25) is 5.02 Å². The molecule has 0 aliphatic rings. The van der Waals surface area contributed by atoms with Crippen LogP contribution in [-0.2, 0) is 5.75 Å². The van der Waals surface area contributed by atoms with Crippen LogP contribution >= 0.6 is 23.4 Å². The third-order valence-electron chi connectivity index (χ3n) is 3.62. The van der Waals surface area contributed by atoms with E-state index < -0.39 is 5.56 Å². The zero-order valence-corrected chi connectivity index (χ0v) is 15.0. The molecule has 0 unspecified atom stereocenters. The SMILES string of the molecule is Cc1ccc(CSc2nc(-c3ccc(Cl)cc3)c(C#N)c(=O)[nH]2)cc1. The predicted molar refractivity (Wildman–Crippen MR) is 101 cm³/mol. The summed E-state index contributed by atoms with van der Waals surface area (Å²) in [5, 5.41) is 10.4. The first-order valence-electron chi connectivity index (χ1n) is 7.55. The first-order chi connectivity index (χ1) is 12.1. The number of nitriles is 1. The van der Waals surface area contributed by atoms with Gasteiger partial charge in [0.25, 0.3) is 5.56 Å². The van der Waals surface area contributed by atoms with Crippen LogP contribution in [0, 0.1) is 18.3 Å². The number of nitrogens with zero attached hydrogens (tertiary/aromatic N) is 2. The van der Waals surface area contributed by atoms with Crippen LogP contribution in [0.4, 0.5) is 0 Å². The fraction of sp³-hybridized carbons (Fsp3) is 0.105. The van der Waals surface area contributed by atoms with Crippen LogP contribution in [0.15, 0.2) is 58.5 Å². The maximum atomic E-state index is 12.2. The second-order valence-corrected chi connectivity index (χ2v) is 6.89. The van der Waals surface area contributed by atoms with Crippen LogP contribution in [0.25, 0.3) is 11.3 Å². The van der Waals surface area contributed by atoms with Crippen molar-refractivity contribution in [1.29, 1.82) is 5.26 Å². The van der Waals surface area contributed by atoms with Gasteiger partial charge >= 0.3 is 0 Å². The van der Waals surface area contributed by atoms with E-state index in [1.807, 2.05) is 37.3 Å². The fourth-order valence-corrected chi connectivity index (χ4v) is 3.22. The number of hydrogen-bond donors (Lipinski definition) is 1. The molecule has 25 heavy (non-hydrogen) atoms. The monoisotopic (exact) mass is 367 g/mol. The summed E-state index contributed by atoms with van der Waals surface area (Å²) >= 11 is 7.33. The molecular weight excluding hydrogens is 354 g/mol. The van der Waals surface area contributed by atoms with E-state index in [0.29, 0.717) is 27.2 Å². The third-order valence-corrected chi connectivity index (χ3v) is 4.82. The van der Waals surface area contributed by atoms with Crippen molar-refractivity contribution in [2.45, 2.75) is 17.8 Å². The van der Waals surface area contributed by atoms with E-state index in [1.54, 1.807) is 24.3 Å². The maximum Gasteiger partial charge on any atom is 0.270 e. The highest BCUT2D eigenvalue weighted by Crippen LogP contribution is 2.25. The van der Waals surface area contributed by atoms with Gasteiger partial charge in [0.2, 0.25) is 0 Å². The number of aromatic nitrogens is 2. The first-order valence-corrected chi connectivity index (χ1v) is 8.92. The number of rotatable bonds is 4. The molecule has 0 spiro atoms. The minimum absolute atomic E-state index is 0.00186. The van der Waals surface area contributed by atoms with E-state index in [1.165, 1.54) is 17.3 Å². The van der Waals surface area contributed by atoms with Gasteiger partial charge in [-0.3, -0.25) is 4.79 Å². The molecule has 0 saturated carbocycles. The lowest BCUT2D eigenvalue weighted by molar-refractivity contribution is 0.934. The van der Waals surface area contributed by atoms with Gasteiger partial charge < -0.3 is 4.98 Å². The highest BCUT2D eigenvalue weighted by atomic mass is 35.5. The van der Waals surface area contributed by atoms with Gasteiger partial charge in [-0.2, -0.15) is 5.26 Å². The second-order valence-electron chi connectivity index (χ2n) is 5.49. The number of benzene rings is 2. The molecule has 3 aromatic rings. The Morgan fingerprint density at radius 3 is 2.48 bits per heavy atom. The Hall–Kier alpha value is -2.55. The predicted octanol–water partition coefficient (Wildman–Crippen LogP) is 4.56. The summed E-state index contributed by atoms with van der Waals surface area (Å²) in [6.45, 7) is 2.04. The summed E-state index contributed by atoms with van der Waals surface area (Å²) in [7, 11) is 0. The van der Waals surface area contributed by atoms with Crippen LogP contribution in [0.5, 0.6) is 0 Å². The Labute approximate surface area is 154 Å². The van der Waals surface area contributed by atoms with Crippen molar-refractivity contribution in [2.24, 2.45) is 0 Å². The van der Waals surface area contributed by atoms with Gasteiger partial charge in [-0.1, -0.05) is 65.3 Å². The van der Waals surface area contributed by atoms with Gasteiger partial charge in [-0.25, -0.2) is 4.98 Å². The van der Waals surface area contributed by atoms with Crippen molar-refractivity contribution in [3.05, 3.63) is 80.6 Å². The maximum absolute atomic E-state index is 12.2. The third kappa shape index (κ3) is 4.11. The van der Waals surface area contributed by atoms with Gasteiger partial charge in [0.1, 0.15) is 11.6 Å². The summed E-state index contributed by atoms with van der Waals surface area (Å²) in [5.41, 5.74) is 2.95. The van der Waals surface area contributed by atoms with Gasteiger partial charge in [0.05, 0.1) is 5.69 Å². The molecule has 0 saturated heterocycles. The number of nitrogens with one attached hydrogen (secondary N) is 1. The zero-order chi connectivity index (χ0) is 17.8. The molecule has 124 valence electrons. The summed E-state index contributed by atoms with van der Waals surface area (Å²) < 4.78 is 0. The molecule has 0 fully saturated rings. The topological polar surface area (TPSA) is 69.5 Å². The highest BCUT2D eigenvalue weighted by Gasteiger charge is 2.13. The molecular formula is C19H14ClN3OS. The average molecular weight is 368 g/mol. The van der Waals surface area contributed by atoms with Crippen molar-refractivity contribution in [3.63, 3.8) is 0 Å². The molecule has 1 aromatic heterocycles. The Balaban J connectivity index is 1.93. The molecule has 1 heterocycles. The lowest BCUT2D eigenvalue weighted by Crippen LogP contribution is -2.14. The average Bonchev–Trinajstić information content (AvgIpc) is 2.61. The quantitative estimate of drug-likeness (QED) is 0.542. The zero-order valence-electron chi connectivity index (χ0n) is 13.4. The van der Waals surface area contributed by atoms with Crippen molar-refractivity contribution in [3.8, 4) is 17.3 Å². The van der Waals surface area contributed by atoms with E-state index >= 15 is 0 Å². The standard InChI is InChI=1S/C19H14ClN3OS/c1-12-2-4-13(5-3-12)11-25-19-22-17(16(10-21)18(24)23-19)14-6-8-15(20)9-7-14/h2-9H,11H2,1H3,(H,22,23,24). The second kappa shape index (κ2) is 7.56. The van der Waals surface area contributed by atoms with E-state index in [-0.39, 0.29) is 5.56 Å². The van der Waals surface area contributed by atoms with Crippen LogP contribution < -0.4 is 5.56 Å². The first kappa shape index (κ1) is 17.3.